The second-order valence-electron chi connectivity index (χ2n) is 1.95. The smallest absolute Gasteiger partial charge is 0.336 e. The molecular weight excluding hydrogens is 136 g/mol. The normalized spacial score (nSPS) is 11.1. The van der Waals surface area contributed by atoms with Gasteiger partial charge in [-0.15, -0.1) is 0 Å². The number of hydrogen-bond donors (Lipinski definition) is 3. The molecule has 0 saturated heterocycles. The molecule has 0 aromatic heterocycles. The molecule has 0 aliphatic carbocycles. The van der Waals surface area contributed by atoms with Gasteiger partial charge in [0.1, 0.15) is 0 Å². The van der Waals surface area contributed by atoms with Gasteiger partial charge < -0.3 is 15.3 Å². The van der Waals surface area contributed by atoms with E-state index < -0.39 is 17.3 Å². The minimum atomic E-state index is -2.27. The summed E-state index contributed by atoms with van der Waals surface area (Å²) in [7, 11) is 0. The standard InChI is InChI=1S/C6H10O4/c1-3-6(9,10)4(2)5(7)8/h9-10H,2-3H2,1H3,(H,7,8). The SMILES string of the molecule is C=C(C(=O)O)C(O)(O)CC. The van der Waals surface area contributed by atoms with Crippen LogP contribution in [0.1, 0.15) is 13.3 Å². The van der Waals surface area contributed by atoms with E-state index >= 15 is 0 Å². The van der Waals surface area contributed by atoms with Gasteiger partial charge in [0.25, 0.3) is 0 Å². The van der Waals surface area contributed by atoms with Gasteiger partial charge in [-0.2, -0.15) is 0 Å². The summed E-state index contributed by atoms with van der Waals surface area (Å²) < 4.78 is 0. The Labute approximate surface area is 58.4 Å². The van der Waals surface area contributed by atoms with Crippen molar-refractivity contribution in [1.82, 2.24) is 0 Å². The van der Waals surface area contributed by atoms with Crippen LogP contribution in [0.2, 0.25) is 0 Å². The molecule has 0 bridgehead atoms. The summed E-state index contributed by atoms with van der Waals surface area (Å²) in [5.74, 6) is -3.67. The molecule has 0 spiro atoms. The Morgan fingerprint density at radius 3 is 2.10 bits per heavy atom. The van der Waals surface area contributed by atoms with Gasteiger partial charge in [0.15, 0.2) is 5.79 Å². The van der Waals surface area contributed by atoms with Crippen molar-refractivity contribution in [2.45, 2.75) is 19.1 Å². The van der Waals surface area contributed by atoms with Crippen LogP contribution in [0.3, 0.4) is 0 Å². The summed E-state index contributed by atoms with van der Waals surface area (Å²) >= 11 is 0. The van der Waals surface area contributed by atoms with E-state index in [1.807, 2.05) is 0 Å². The van der Waals surface area contributed by atoms with Crippen molar-refractivity contribution in [3.05, 3.63) is 12.2 Å². The number of hydrogen-bond acceptors (Lipinski definition) is 3. The highest BCUT2D eigenvalue weighted by Gasteiger charge is 2.29. The van der Waals surface area contributed by atoms with Gasteiger partial charge in [0.05, 0.1) is 5.57 Å². The van der Waals surface area contributed by atoms with Crippen LogP contribution < -0.4 is 0 Å². The molecular formula is C6H10O4. The van der Waals surface area contributed by atoms with Gasteiger partial charge in [-0.05, 0) is 0 Å². The first kappa shape index (κ1) is 9.13. The van der Waals surface area contributed by atoms with Crippen molar-refractivity contribution < 1.29 is 20.1 Å². The molecule has 0 atom stereocenters. The number of aliphatic carboxylic acids is 1. The van der Waals surface area contributed by atoms with Gasteiger partial charge in [0, 0.05) is 6.42 Å². The molecule has 0 heterocycles. The van der Waals surface area contributed by atoms with E-state index in [-0.39, 0.29) is 6.42 Å². The summed E-state index contributed by atoms with van der Waals surface area (Å²) in [6.45, 7) is 4.45. The number of rotatable bonds is 3. The highest BCUT2D eigenvalue weighted by Crippen LogP contribution is 2.14. The Kier molecular flexibility index (Phi) is 2.56. The molecule has 4 nitrogen and oxygen atoms in total. The van der Waals surface area contributed by atoms with Crippen LogP contribution >= 0.6 is 0 Å². The van der Waals surface area contributed by atoms with Crippen molar-refractivity contribution in [2.75, 3.05) is 0 Å². The molecule has 0 rings (SSSR count). The van der Waals surface area contributed by atoms with Gasteiger partial charge in [-0.1, -0.05) is 13.5 Å². The van der Waals surface area contributed by atoms with Gasteiger partial charge >= 0.3 is 5.97 Å². The number of carboxylic acid groups (broad SMARTS) is 1. The third-order valence-electron chi connectivity index (χ3n) is 1.23. The Balaban J connectivity index is 4.33. The fourth-order valence-electron chi connectivity index (χ4n) is 0.385. The van der Waals surface area contributed by atoms with E-state index in [1.165, 1.54) is 6.92 Å². The second kappa shape index (κ2) is 2.81. The molecule has 0 amide bonds. The first-order valence-electron chi connectivity index (χ1n) is 2.79. The number of aliphatic hydroxyl groups is 2. The largest absolute Gasteiger partial charge is 0.478 e. The first-order valence-corrected chi connectivity index (χ1v) is 2.79. The molecule has 0 unspecified atom stereocenters. The van der Waals surface area contributed by atoms with Crippen molar-refractivity contribution in [1.29, 1.82) is 0 Å². The fourth-order valence-corrected chi connectivity index (χ4v) is 0.385. The van der Waals surface area contributed by atoms with Gasteiger partial charge in [0.2, 0.25) is 0 Å². The molecule has 0 fully saturated rings. The second-order valence-corrected chi connectivity index (χ2v) is 1.95. The van der Waals surface area contributed by atoms with E-state index in [9.17, 15) is 4.79 Å². The van der Waals surface area contributed by atoms with Gasteiger partial charge in [-0.25, -0.2) is 4.79 Å². The minimum Gasteiger partial charge on any atom is -0.478 e. The molecule has 0 aromatic rings. The lowest BCUT2D eigenvalue weighted by Gasteiger charge is -2.18. The summed E-state index contributed by atoms with van der Waals surface area (Å²) in [6.07, 6.45) is -0.0852. The summed E-state index contributed by atoms with van der Waals surface area (Å²) in [5.41, 5.74) is -0.602. The topological polar surface area (TPSA) is 77.8 Å². The molecule has 0 saturated carbocycles. The molecule has 10 heavy (non-hydrogen) atoms. The molecule has 0 aliphatic rings. The van der Waals surface area contributed by atoms with Crippen LogP contribution in [0.5, 0.6) is 0 Å². The van der Waals surface area contributed by atoms with E-state index in [0.717, 1.165) is 0 Å². The molecule has 0 radical (unpaired) electrons. The Hall–Kier alpha value is -0.870. The maximum Gasteiger partial charge on any atom is 0.336 e. The predicted octanol–water partition coefficient (Wildman–Crippen LogP) is -0.282. The highest BCUT2D eigenvalue weighted by molar-refractivity contribution is 5.87. The van der Waals surface area contributed by atoms with E-state index in [0.29, 0.717) is 0 Å². The van der Waals surface area contributed by atoms with Crippen molar-refractivity contribution >= 4 is 5.97 Å². The van der Waals surface area contributed by atoms with Crippen LogP contribution in [0, 0.1) is 0 Å². The zero-order valence-electron chi connectivity index (χ0n) is 5.66. The zero-order valence-corrected chi connectivity index (χ0v) is 5.66. The van der Waals surface area contributed by atoms with Crippen LogP contribution in [-0.2, 0) is 4.79 Å². The van der Waals surface area contributed by atoms with E-state index in [4.69, 9.17) is 15.3 Å². The predicted molar refractivity (Wildman–Crippen MR) is 34.2 cm³/mol. The van der Waals surface area contributed by atoms with Crippen LogP contribution in [0.15, 0.2) is 12.2 Å². The molecule has 58 valence electrons. The third-order valence-corrected chi connectivity index (χ3v) is 1.23. The molecule has 4 heteroatoms. The average molecular weight is 146 g/mol. The summed E-state index contributed by atoms with van der Waals surface area (Å²) in [6, 6.07) is 0. The lowest BCUT2D eigenvalue weighted by Crippen LogP contribution is -2.32. The minimum absolute atomic E-state index is 0.0852. The average Bonchev–Trinajstić information content (AvgIpc) is 1.86. The molecule has 0 aliphatic heterocycles. The first-order chi connectivity index (χ1) is 4.41. The molecule has 3 N–H and O–H groups in total. The lowest BCUT2D eigenvalue weighted by molar-refractivity contribution is -0.154. The van der Waals surface area contributed by atoms with E-state index in [2.05, 4.69) is 6.58 Å². The number of carboxylic acids is 1. The van der Waals surface area contributed by atoms with Crippen molar-refractivity contribution in [2.24, 2.45) is 0 Å². The monoisotopic (exact) mass is 146 g/mol. The van der Waals surface area contributed by atoms with Crippen LogP contribution in [0.25, 0.3) is 0 Å². The van der Waals surface area contributed by atoms with E-state index in [1.54, 1.807) is 0 Å². The summed E-state index contributed by atoms with van der Waals surface area (Å²) in [5, 5.41) is 25.9. The Morgan fingerprint density at radius 2 is 2.00 bits per heavy atom. The summed E-state index contributed by atoms with van der Waals surface area (Å²) in [4.78, 5) is 10.1. The quantitative estimate of drug-likeness (QED) is 0.378. The number of carbonyl (C=O) groups is 1. The maximum absolute atomic E-state index is 10.1. The van der Waals surface area contributed by atoms with Crippen LogP contribution in [0.4, 0.5) is 0 Å². The fraction of sp³-hybridized carbons (Fsp3) is 0.500. The molecule has 0 aromatic carbocycles. The Bertz CT molecular complexity index is 159. The van der Waals surface area contributed by atoms with Gasteiger partial charge in [-0.3, -0.25) is 0 Å². The zero-order chi connectivity index (χ0) is 8.36. The Morgan fingerprint density at radius 1 is 1.60 bits per heavy atom. The highest BCUT2D eigenvalue weighted by atomic mass is 16.5. The van der Waals surface area contributed by atoms with Crippen LogP contribution in [-0.4, -0.2) is 27.1 Å². The van der Waals surface area contributed by atoms with Crippen molar-refractivity contribution in [3.63, 3.8) is 0 Å². The maximum atomic E-state index is 10.1. The third kappa shape index (κ3) is 1.82. The lowest BCUT2D eigenvalue weighted by atomic mass is 10.1. The van der Waals surface area contributed by atoms with Crippen molar-refractivity contribution in [3.8, 4) is 0 Å².